The first-order valence-electron chi connectivity index (χ1n) is 4.78. The summed E-state index contributed by atoms with van der Waals surface area (Å²) in [6, 6.07) is 5.75. The third-order valence-electron chi connectivity index (χ3n) is 2.11. The Labute approximate surface area is 128 Å². The Morgan fingerprint density at radius 3 is 2.81 bits per heavy atom. The van der Waals surface area contributed by atoms with E-state index in [4.69, 9.17) is 9.84 Å². The maximum atomic E-state index is 9.82. The minimum absolute atomic E-state index is 0. The number of rotatable bonds is 5. The number of halogens is 1. The first-order chi connectivity index (χ1) is 7.15. The van der Waals surface area contributed by atoms with Crippen LogP contribution in [0.1, 0.15) is 18.7 Å². The summed E-state index contributed by atoms with van der Waals surface area (Å²) in [6.45, 7) is 2.38. The number of hydrogen-bond donors (Lipinski definition) is 2. The molecule has 3 nitrogen and oxygen atoms in total. The molecule has 0 aliphatic rings. The number of hydrogen-bond acceptors (Lipinski definition) is 3. The molecule has 0 aromatic heterocycles. The molecule has 2 N–H and O–H groups in total. The Bertz CT molecular complexity index is 326. The zero-order valence-electron chi connectivity index (χ0n) is 10.6. The molecule has 0 heterocycles. The third kappa shape index (κ3) is 5.27. The van der Waals surface area contributed by atoms with E-state index in [0.717, 1.165) is 15.6 Å². The van der Waals surface area contributed by atoms with Gasteiger partial charge in [-0.25, -0.2) is 0 Å². The van der Waals surface area contributed by atoms with Crippen LogP contribution in [0, 0.1) is 6.92 Å². The van der Waals surface area contributed by atoms with Crippen molar-refractivity contribution in [1.82, 2.24) is 0 Å². The number of ether oxygens (including phenoxy) is 1. The van der Waals surface area contributed by atoms with E-state index in [0.29, 0.717) is 0 Å². The van der Waals surface area contributed by atoms with Crippen LogP contribution in [0.15, 0.2) is 22.7 Å². The summed E-state index contributed by atoms with van der Waals surface area (Å²) in [5.41, 5.74) is 1.88. The molecule has 0 bridgehead atoms. The standard InChI is InChI=1S/C11H15BrO3.Na.H/c1-8-2-3-9(12)6-10(8)11(14)7-15-5-4-13;;/h2-3,6,11,13-14H,4-5,7H2,1H3;;/q;+1;-1. The summed E-state index contributed by atoms with van der Waals surface area (Å²) >= 11 is 3.35. The summed E-state index contributed by atoms with van der Waals surface area (Å²) in [6.07, 6.45) is -0.644. The van der Waals surface area contributed by atoms with Crippen LogP contribution >= 0.6 is 15.9 Å². The normalized spacial score (nSPS) is 12.0. The molecule has 1 aromatic rings. The van der Waals surface area contributed by atoms with Gasteiger partial charge in [0.15, 0.2) is 0 Å². The average molecular weight is 299 g/mol. The molecule has 1 atom stereocenters. The van der Waals surface area contributed by atoms with Gasteiger partial charge >= 0.3 is 29.6 Å². The molecule has 1 aromatic carbocycles. The molecular weight excluding hydrogens is 283 g/mol. The van der Waals surface area contributed by atoms with Crippen molar-refractivity contribution in [3.05, 3.63) is 33.8 Å². The number of aliphatic hydroxyl groups excluding tert-OH is 2. The van der Waals surface area contributed by atoms with Crippen molar-refractivity contribution in [2.45, 2.75) is 13.0 Å². The quantitative estimate of drug-likeness (QED) is 0.537. The summed E-state index contributed by atoms with van der Waals surface area (Å²) < 4.78 is 6.01. The van der Waals surface area contributed by atoms with Crippen LogP contribution in [0.3, 0.4) is 0 Å². The van der Waals surface area contributed by atoms with Crippen molar-refractivity contribution in [3.63, 3.8) is 0 Å². The SMILES string of the molecule is Cc1ccc(Br)cc1C(O)COCCO.[H-].[Na+]. The largest absolute Gasteiger partial charge is 1.00 e. The van der Waals surface area contributed by atoms with Crippen LogP contribution in [0.25, 0.3) is 0 Å². The van der Waals surface area contributed by atoms with Gasteiger partial charge in [0, 0.05) is 4.47 Å². The minimum Gasteiger partial charge on any atom is -1.00 e. The zero-order valence-corrected chi connectivity index (χ0v) is 13.2. The Morgan fingerprint density at radius 1 is 1.50 bits per heavy atom. The van der Waals surface area contributed by atoms with Gasteiger partial charge in [-0.1, -0.05) is 22.0 Å². The Morgan fingerprint density at radius 2 is 2.19 bits per heavy atom. The molecule has 1 unspecified atom stereocenters. The molecule has 1 rings (SSSR count). The summed E-state index contributed by atoms with van der Waals surface area (Å²) in [7, 11) is 0. The fraction of sp³-hybridized carbons (Fsp3) is 0.455. The van der Waals surface area contributed by atoms with Crippen molar-refractivity contribution in [1.29, 1.82) is 0 Å². The van der Waals surface area contributed by atoms with E-state index in [9.17, 15) is 5.11 Å². The molecule has 16 heavy (non-hydrogen) atoms. The van der Waals surface area contributed by atoms with Gasteiger partial charge in [0.05, 0.1) is 19.8 Å². The van der Waals surface area contributed by atoms with Crippen molar-refractivity contribution in [2.75, 3.05) is 19.8 Å². The van der Waals surface area contributed by atoms with E-state index in [2.05, 4.69) is 15.9 Å². The van der Waals surface area contributed by atoms with E-state index < -0.39 is 6.10 Å². The molecule has 0 spiro atoms. The second-order valence-electron chi connectivity index (χ2n) is 3.32. The fourth-order valence-corrected chi connectivity index (χ4v) is 1.70. The van der Waals surface area contributed by atoms with E-state index in [-0.39, 0.29) is 50.8 Å². The van der Waals surface area contributed by atoms with Crippen molar-refractivity contribution in [2.24, 2.45) is 0 Å². The topological polar surface area (TPSA) is 49.7 Å². The molecule has 0 fully saturated rings. The maximum absolute atomic E-state index is 9.82. The fourth-order valence-electron chi connectivity index (χ4n) is 1.32. The second-order valence-corrected chi connectivity index (χ2v) is 4.23. The Kier molecular flexibility index (Phi) is 8.95. The van der Waals surface area contributed by atoms with Crippen molar-refractivity contribution >= 4 is 15.9 Å². The summed E-state index contributed by atoms with van der Waals surface area (Å²) in [5, 5.41) is 18.4. The maximum Gasteiger partial charge on any atom is 1.00 e. The second kappa shape index (κ2) is 8.64. The van der Waals surface area contributed by atoms with Gasteiger partial charge in [-0.05, 0) is 30.2 Å². The first kappa shape index (κ1) is 16.6. The Hall–Kier alpha value is 0.580. The van der Waals surface area contributed by atoms with Crippen LogP contribution in [-0.4, -0.2) is 30.0 Å². The van der Waals surface area contributed by atoms with E-state index in [1.165, 1.54) is 0 Å². The van der Waals surface area contributed by atoms with Crippen LogP contribution < -0.4 is 29.6 Å². The number of aryl methyl sites for hydroxylation is 1. The van der Waals surface area contributed by atoms with Crippen LogP contribution in [0.5, 0.6) is 0 Å². The van der Waals surface area contributed by atoms with Crippen molar-refractivity contribution < 1.29 is 45.9 Å². The van der Waals surface area contributed by atoms with Gasteiger partial charge in [0.2, 0.25) is 0 Å². The first-order valence-corrected chi connectivity index (χ1v) is 5.57. The molecule has 0 radical (unpaired) electrons. The molecule has 0 aliphatic carbocycles. The molecule has 0 saturated carbocycles. The molecule has 0 amide bonds. The third-order valence-corrected chi connectivity index (χ3v) is 2.60. The van der Waals surface area contributed by atoms with E-state index in [1.807, 2.05) is 25.1 Å². The van der Waals surface area contributed by atoms with Crippen LogP contribution in [-0.2, 0) is 4.74 Å². The smallest absolute Gasteiger partial charge is 1.00 e. The zero-order chi connectivity index (χ0) is 11.3. The minimum atomic E-state index is -0.644. The molecule has 86 valence electrons. The molecule has 0 saturated heterocycles. The van der Waals surface area contributed by atoms with Gasteiger partial charge in [-0.3, -0.25) is 0 Å². The number of benzene rings is 1. The monoisotopic (exact) mass is 298 g/mol. The predicted octanol–water partition coefficient (Wildman–Crippen LogP) is -1.08. The van der Waals surface area contributed by atoms with Gasteiger partial charge in [-0.15, -0.1) is 0 Å². The predicted molar refractivity (Wildman–Crippen MR) is 62.9 cm³/mol. The van der Waals surface area contributed by atoms with E-state index >= 15 is 0 Å². The molecular formula is C11H16BrNaO3. The Balaban J connectivity index is 0. The van der Waals surface area contributed by atoms with Gasteiger partial charge in [-0.2, -0.15) is 0 Å². The van der Waals surface area contributed by atoms with Gasteiger partial charge in [0.1, 0.15) is 6.10 Å². The van der Waals surface area contributed by atoms with Crippen LogP contribution in [0.2, 0.25) is 0 Å². The molecule has 0 aliphatic heterocycles. The summed E-state index contributed by atoms with van der Waals surface area (Å²) in [4.78, 5) is 0. The molecule has 5 heteroatoms. The summed E-state index contributed by atoms with van der Waals surface area (Å²) in [5.74, 6) is 0. The average Bonchev–Trinajstić information content (AvgIpc) is 2.22. The number of aliphatic hydroxyl groups is 2. The van der Waals surface area contributed by atoms with Gasteiger partial charge < -0.3 is 16.4 Å². The van der Waals surface area contributed by atoms with E-state index in [1.54, 1.807) is 0 Å². The van der Waals surface area contributed by atoms with Crippen molar-refractivity contribution in [3.8, 4) is 0 Å². The van der Waals surface area contributed by atoms with Crippen LogP contribution in [0.4, 0.5) is 0 Å². The van der Waals surface area contributed by atoms with Gasteiger partial charge in [0.25, 0.3) is 0 Å².